The smallest absolute Gasteiger partial charge is 0.146 e. The first-order valence-electron chi connectivity index (χ1n) is 6.15. The fourth-order valence-corrected chi connectivity index (χ4v) is 5.07. The number of allylic oxidation sites excluding steroid dienone is 8. The van der Waals surface area contributed by atoms with Gasteiger partial charge in [-0.05, 0) is 13.1 Å². The van der Waals surface area contributed by atoms with Crippen LogP contribution in [-0.4, -0.2) is 6.69 Å². The molecular weight excluding hydrogens is 358 g/mol. The Hall–Kier alpha value is 0.640. The van der Waals surface area contributed by atoms with Crippen molar-refractivity contribution < 1.29 is 23.2 Å². The molecule has 0 aromatic carbocycles. The summed E-state index contributed by atoms with van der Waals surface area (Å²) in [7, 11) is 0. The van der Waals surface area contributed by atoms with Gasteiger partial charge in [0.2, 0.25) is 6.69 Å². The van der Waals surface area contributed by atoms with Gasteiger partial charge < -0.3 is 0 Å². The molecule has 4 heteroatoms. The predicted molar refractivity (Wildman–Crippen MR) is 82.1 cm³/mol. The molecule has 0 aliphatic heterocycles. The summed E-state index contributed by atoms with van der Waals surface area (Å²) in [5.41, 5.74) is 3.11. The van der Waals surface area contributed by atoms with E-state index in [-0.39, 0.29) is 23.2 Å². The van der Waals surface area contributed by atoms with Gasteiger partial charge in [-0.1, -0.05) is 0 Å². The molecule has 0 spiro atoms. The van der Waals surface area contributed by atoms with Crippen molar-refractivity contribution in [2.75, 3.05) is 0 Å². The van der Waals surface area contributed by atoms with Gasteiger partial charge in [0.1, 0.15) is 0 Å². The van der Waals surface area contributed by atoms with Crippen LogP contribution in [0.15, 0.2) is 42.0 Å². The Morgan fingerprint density at radius 1 is 0.944 bits per heavy atom. The molecule has 0 N–H and O–H groups in total. The quantitative estimate of drug-likeness (QED) is 0.427. The van der Waals surface area contributed by atoms with Gasteiger partial charge in [-0.25, -0.2) is 0 Å². The van der Waals surface area contributed by atoms with Gasteiger partial charge in [-0.15, -0.1) is 22.2 Å². The third kappa shape index (κ3) is 6.70. The summed E-state index contributed by atoms with van der Waals surface area (Å²) < 4.78 is 3.56. The Morgan fingerprint density at radius 3 is 1.50 bits per heavy atom. The summed E-state index contributed by atoms with van der Waals surface area (Å²) in [5, 5.41) is 0. The molecule has 98 valence electrons. The maximum Gasteiger partial charge on any atom is 0.245 e. The van der Waals surface area contributed by atoms with Crippen molar-refractivity contribution in [2.45, 2.75) is 39.8 Å². The minimum absolute atomic E-state index is 0.385. The number of rotatable bonds is 2. The van der Waals surface area contributed by atoms with Gasteiger partial charge in [-0.3, -0.25) is 0 Å². The zero-order valence-corrected chi connectivity index (χ0v) is 16.4. The molecule has 0 nitrogen and oxygen atoms in total. The van der Waals surface area contributed by atoms with Crippen molar-refractivity contribution >= 4 is 28.9 Å². The maximum atomic E-state index is 5.43. The first-order chi connectivity index (χ1) is 8.27. The summed E-state index contributed by atoms with van der Waals surface area (Å²) >= 11 is 10.5. The zero-order valence-electron chi connectivity index (χ0n) is 11.5. The van der Waals surface area contributed by atoms with Crippen LogP contribution in [0.25, 0.3) is 0 Å². The van der Waals surface area contributed by atoms with Crippen LogP contribution in [0.2, 0.25) is 13.1 Å². The molecule has 0 radical (unpaired) electrons. The average Bonchev–Trinajstić information content (AvgIpc) is 2.76. The fourth-order valence-electron chi connectivity index (χ4n) is 1.71. The summed E-state index contributed by atoms with van der Waals surface area (Å²) in [6.45, 7) is 6.57. The Labute approximate surface area is 133 Å². The largest absolute Gasteiger partial charge is 0.245 e. The SMILES string of the molecule is CC1=[C]([Zr][C]2=C(C)C=CC2)CC=C1.C[Si](C)(Cl)Cl. The van der Waals surface area contributed by atoms with Crippen LogP contribution in [0.3, 0.4) is 0 Å². The predicted octanol–water partition coefficient (Wildman–Crippen LogP) is 5.70. The van der Waals surface area contributed by atoms with E-state index in [1.54, 1.807) is 17.7 Å². The van der Waals surface area contributed by atoms with Crippen LogP contribution < -0.4 is 0 Å². The van der Waals surface area contributed by atoms with Gasteiger partial charge in [-0.2, -0.15) is 0 Å². The van der Waals surface area contributed by atoms with Gasteiger partial charge in [0.25, 0.3) is 0 Å². The molecule has 0 aromatic heterocycles. The van der Waals surface area contributed by atoms with E-state index >= 15 is 0 Å². The minimum atomic E-state index is -1.67. The van der Waals surface area contributed by atoms with Crippen molar-refractivity contribution in [1.82, 2.24) is 0 Å². The van der Waals surface area contributed by atoms with Crippen molar-refractivity contribution in [1.29, 1.82) is 0 Å². The van der Waals surface area contributed by atoms with Crippen molar-refractivity contribution in [3.63, 3.8) is 0 Å². The molecule has 18 heavy (non-hydrogen) atoms. The average molecular weight is 379 g/mol. The first kappa shape index (κ1) is 16.7. The van der Waals surface area contributed by atoms with E-state index in [1.807, 2.05) is 13.1 Å². The van der Waals surface area contributed by atoms with Gasteiger partial charge in [0.05, 0.1) is 0 Å². The van der Waals surface area contributed by atoms with Crippen LogP contribution in [0.5, 0.6) is 0 Å². The van der Waals surface area contributed by atoms with E-state index in [0.29, 0.717) is 0 Å². The van der Waals surface area contributed by atoms with Crippen LogP contribution in [0, 0.1) is 0 Å². The fraction of sp³-hybridized carbons (Fsp3) is 0.429. The van der Waals surface area contributed by atoms with Crippen molar-refractivity contribution in [3.05, 3.63) is 42.0 Å². The molecule has 0 aromatic rings. The zero-order chi connectivity index (χ0) is 13.8. The summed E-state index contributed by atoms with van der Waals surface area (Å²) in [6.07, 6.45) is 11.7. The van der Waals surface area contributed by atoms with Crippen LogP contribution in [0.4, 0.5) is 0 Å². The third-order valence-corrected chi connectivity index (χ3v) is 7.06. The number of hydrogen-bond acceptors (Lipinski definition) is 0. The summed E-state index contributed by atoms with van der Waals surface area (Å²) in [4.78, 5) is 0. The van der Waals surface area contributed by atoms with Crippen LogP contribution >= 0.6 is 22.2 Å². The Kier molecular flexibility index (Phi) is 6.89. The molecule has 2 aliphatic carbocycles. The standard InChI is InChI=1S/2C6H7.C2H6Cl2Si.Zr/c2*1-6-4-2-3-5-6;1-5(2,3)4;/h2*2,4H,3H2,1H3;1-2H3;. The van der Waals surface area contributed by atoms with E-state index in [2.05, 4.69) is 38.2 Å². The molecule has 0 heterocycles. The van der Waals surface area contributed by atoms with E-state index in [0.717, 1.165) is 0 Å². The molecule has 0 atom stereocenters. The molecule has 0 fully saturated rings. The summed E-state index contributed by atoms with van der Waals surface area (Å²) in [5.74, 6) is 0. The number of halogens is 2. The third-order valence-electron chi connectivity index (χ3n) is 2.63. The Bertz CT molecular complexity index is 386. The van der Waals surface area contributed by atoms with Crippen LogP contribution in [-0.2, 0) is 23.2 Å². The van der Waals surface area contributed by atoms with Gasteiger partial charge >= 0.3 is 91.9 Å². The van der Waals surface area contributed by atoms with E-state index in [4.69, 9.17) is 22.2 Å². The summed E-state index contributed by atoms with van der Waals surface area (Å²) in [6, 6.07) is 0. The number of hydrogen-bond donors (Lipinski definition) is 0. The van der Waals surface area contributed by atoms with Gasteiger partial charge in [0, 0.05) is 0 Å². The van der Waals surface area contributed by atoms with Crippen molar-refractivity contribution in [3.8, 4) is 0 Å². The van der Waals surface area contributed by atoms with E-state index < -0.39 is 6.69 Å². The molecule has 0 saturated carbocycles. The minimum Gasteiger partial charge on any atom is -0.146 e. The van der Waals surface area contributed by atoms with Crippen LogP contribution in [0.1, 0.15) is 26.7 Å². The molecule has 0 saturated heterocycles. The molecule has 0 amide bonds. The molecule has 2 rings (SSSR count). The van der Waals surface area contributed by atoms with Crippen molar-refractivity contribution in [2.24, 2.45) is 0 Å². The monoisotopic (exact) mass is 376 g/mol. The molecule has 0 unspecified atom stereocenters. The molecular formula is C14H20Cl2SiZr. The van der Waals surface area contributed by atoms with E-state index in [1.165, 1.54) is 12.8 Å². The Morgan fingerprint density at radius 2 is 1.28 bits per heavy atom. The second kappa shape index (κ2) is 7.43. The Balaban J connectivity index is 0.000000280. The second-order valence-corrected chi connectivity index (χ2v) is 17.5. The first-order valence-corrected chi connectivity index (χ1v) is 13.6. The normalized spacial score (nSPS) is 18.3. The maximum absolute atomic E-state index is 5.43. The topological polar surface area (TPSA) is 0 Å². The van der Waals surface area contributed by atoms with E-state index in [9.17, 15) is 0 Å². The molecule has 0 bridgehead atoms. The molecule has 2 aliphatic rings. The van der Waals surface area contributed by atoms with Gasteiger partial charge in [0.15, 0.2) is 0 Å². The second-order valence-electron chi connectivity index (χ2n) is 4.99.